The van der Waals surface area contributed by atoms with E-state index in [1.54, 1.807) is 0 Å². The first kappa shape index (κ1) is 15.1. The summed E-state index contributed by atoms with van der Waals surface area (Å²) in [7, 11) is 0. The van der Waals surface area contributed by atoms with Crippen LogP contribution in [0.25, 0.3) is 0 Å². The maximum Gasteiger partial charge on any atom is 0.0498 e. The second-order valence-electron chi connectivity index (χ2n) is 5.28. The van der Waals surface area contributed by atoms with E-state index in [1.165, 1.54) is 21.6 Å². The van der Waals surface area contributed by atoms with Gasteiger partial charge in [-0.05, 0) is 43.5 Å². The van der Waals surface area contributed by atoms with Crippen LogP contribution in [0.15, 0.2) is 53.4 Å². The lowest BCUT2D eigenvalue weighted by molar-refractivity contribution is 0.632. The Morgan fingerprint density at radius 2 is 1.65 bits per heavy atom. The molecule has 0 heterocycles. The molecule has 2 rings (SSSR count). The summed E-state index contributed by atoms with van der Waals surface area (Å²) in [4.78, 5) is 1.28. The highest BCUT2D eigenvalue weighted by Crippen LogP contribution is 2.39. The average molecular weight is 285 g/mol. The molecule has 106 valence electrons. The van der Waals surface area contributed by atoms with E-state index in [4.69, 9.17) is 5.73 Å². The minimum atomic E-state index is 0.169. The minimum absolute atomic E-state index is 0.169. The van der Waals surface area contributed by atoms with Crippen molar-refractivity contribution in [3.05, 3.63) is 65.2 Å². The van der Waals surface area contributed by atoms with Crippen molar-refractivity contribution in [2.75, 3.05) is 0 Å². The standard InChI is InChI=1S/C18H23NS/c1-4-17(19)18(16-8-6-5-7-14(16)3)20-15-11-9-13(2)10-12-15/h5-12,17-18H,4,19H2,1-3H3. The lowest BCUT2D eigenvalue weighted by Crippen LogP contribution is -2.26. The van der Waals surface area contributed by atoms with Crippen LogP contribution in [0.4, 0.5) is 0 Å². The Kier molecular flexibility index (Phi) is 5.27. The summed E-state index contributed by atoms with van der Waals surface area (Å²) < 4.78 is 0. The van der Waals surface area contributed by atoms with Gasteiger partial charge in [0.25, 0.3) is 0 Å². The SMILES string of the molecule is CCC(N)C(Sc1ccc(C)cc1)c1ccccc1C. The normalized spacial score (nSPS) is 14.0. The molecule has 2 aromatic carbocycles. The second kappa shape index (κ2) is 6.96. The number of nitrogens with two attached hydrogens (primary N) is 1. The summed E-state index contributed by atoms with van der Waals surface area (Å²) in [5.41, 5.74) is 10.3. The molecular formula is C18H23NS. The summed E-state index contributed by atoms with van der Waals surface area (Å²) in [5.74, 6) is 0. The molecule has 2 unspecified atom stereocenters. The summed E-state index contributed by atoms with van der Waals surface area (Å²) in [6, 6.07) is 17.4. The van der Waals surface area contributed by atoms with Crippen LogP contribution in [-0.2, 0) is 0 Å². The molecule has 0 amide bonds. The molecule has 0 saturated heterocycles. The summed E-state index contributed by atoms with van der Waals surface area (Å²) in [6.07, 6.45) is 0.984. The number of rotatable bonds is 5. The zero-order valence-corrected chi connectivity index (χ0v) is 13.3. The Labute approximate surface area is 126 Å². The van der Waals surface area contributed by atoms with Gasteiger partial charge in [0.1, 0.15) is 0 Å². The predicted octanol–water partition coefficient (Wildman–Crippen LogP) is 4.87. The Morgan fingerprint density at radius 1 is 1.00 bits per heavy atom. The topological polar surface area (TPSA) is 26.0 Å². The Balaban J connectivity index is 2.29. The van der Waals surface area contributed by atoms with Gasteiger partial charge in [-0.2, -0.15) is 0 Å². The van der Waals surface area contributed by atoms with Crippen molar-refractivity contribution in [3.63, 3.8) is 0 Å². The van der Waals surface area contributed by atoms with Crippen molar-refractivity contribution in [2.45, 2.75) is 43.4 Å². The lowest BCUT2D eigenvalue weighted by atomic mass is 10.00. The molecular weight excluding hydrogens is 262 g/mol. The molecule has 2 aromatic rings. The first-order valence-corrected chi connectivity index (χ1v) is 8.04. The van der Waals surface area contributed by atoms with Gasteiger partial charge in [0, 0.05) is 16.2 Å². The van der Waals surface area contributed by atoms with Crippen LogP contribution >= 0.6 is 11.8 Å². The third-order valence-corrected chi connectivity index (χ3v) is 5.04. The van der Waals surface area contributed by atoms with Gasteiger partial charge in [0.2, 0.25) is 0 Å². The molecule has 2 atom stereocenters. The first-order chi connectivity index (χ1) is 9.61. The van der Waals surface area contributed by atoms with E-state index >= 15 is 0 Å². The minimum Gasteiger partial charge on any atom is -0.326 e. The second-order valence-corrected chi connectivity index (χ2v) is 6.50. The van der Waals surface area contributed by atoms with Gasteiger partial charge in [0.05, 0.1) is 0 Å². The van der Waals surface area contributed by atoms with Crippen molar-refractivity contribution in [1.29, 1.82) is 0 Å². The van der Waals surface area contributed by atoms with Crippen LogP contribution in [0.5, 0.6) is 0 Å². The van der Waals surface area contributed by atoms with E-state index in [-0.39, 0.29) is 6.04 Å². The van der Waals surface area contributed by atoms with E-state index < -0.39 is 0 Å². The van der Waals surface area contributed by atoms with E-state index in [0.29, 0.717) is 5.25 Å². The Morgan fingerprint density at radius 3 is 2.25 bits per heavy atom. The maximum absolute atomic E-state index is 6.38. The molecule has 0 aromatic heterocycles. The van der Waals surface area contributed by atoms with Crippen LogP contribution in [-0.4, -0.2) is 6.04 Å². The zero-order chi connectivity index (χ0) is 14.5. The first-order valence-electron chi connectivity index (χ1n) is 7.16. The molecule has 0 radical (unpaired) electrons. The van der Waals surface area contributed by atoms with Gasteiger partial charge < -0.3 is 5.73 Å². The Hall–Kier alpha value is -1.25. The smallest absolute Gasteiger partial charge is 0.0498 e. The monoisotopic (exact) mass is 285 g/mol. The highest BCUT2D eigenvalue weighted by atomic mass is 32.2. The zero-order valence-electron chi connectivity index (χ0n) is 12.5. The van der Waals surface area contributed by atoms with Crippen LogP contribution < -0.4 is 5.73 Å². The van der Waals surface area contributed by atoms with Gasteiger partial charge in [0.15, 0.2) is 0 Å². The van der Waals surface area contributed by atoms with Crippen molar-refractivity contribution in [3.8, 4) is 0 Å². The Bertz CT molecular complexity index is 548. The van der Waals surface area contributed by atoms with Crippen LogP contribution in [0.1, 0.15) is 35.3 Å². The van der Waals surface area contributed by atoms with E-state index in [0.717, 1.165) is 6.42 Å². The molecule has 0 aliphatic heterocycles. The number of aryl methyl sites for hydroxylation is 2. The summed E-state index contributed by atoms with van der Waals surface area (Å²) in [6.45, 7) is 6.44. The maximum atomic E-state index is 6.38. The molecule has 0 aliphatic rings. The van der Waals surface area contributed by atoms with Crippen molar-refractivity contribution < 1.29 is 0 Å². The molecule has 20 heavy (non-hydrogen) atoms. The molecule has 0 aliphatic carbocycles. The number of hydrogen-bond donors (Lipinski definition) is 1. The third kappa shape index (κ3) is 3.65. The summed E-state index contributed by atoms with van der Waals surface area (Å²) >= 11 is 1.87. The number of benzene rings is 2. The van der Waals surface area contributed by atoms with Crippen LogP contribution in [0, 0.1) is 13.8 Å². The third-order valence-electron chi connectivity index (χ3n) is 3.64. The molecule has 0 bridgehead atoms. The molecule has 0 saturated carbocycles. The largest absolute Gasteiger partial charge is 0.326 e. The van der Waals surface area contributed by atoms with E-state index in [1.807, 2.05) is 11.8 Å². The van der Waals surface area contributed by atoms with Crippen molar-refractivity contribution in [2.24, 2.45) is 5.73 Å². The molecule has 0 spiro atoms. The molecule has 1 nitrogen and oxygen atoms in total. The lowest BCUT2D eigenvalue weighted by Gasteiger charge is -2.24. The van der Waals surface area contributed by atoms with Crippen molar-refractivity contribution in [1.82, 2.24) is 0 Å². The fraction of sp³-hybridized carbons (Fsp3) is 0.333. The van der Waals surface area contributed by atoms with Gasteiger partial charge in [-0.3, -0.25) is 0 Å². The molecule has 0 fully saturated rings. The highest BCUT2D eigenvalue weighted by Gasteiger charge is 2.21. The highest BCUT2D eigenvalue weighted by molar-refractivity contribution is 7.99. The van der Waals surface area contributed by atoms with Crippen LogP contribution in [0.3, 0.4) is 0 Å². The quantitative estimate of drug-likeness (QED) is 0.793. The van der Waals surface area contributed by atoms with E-state index in [9.17, 15) is 0 Å². The van der Waals surface area contributed by atoms with Gasteiger partial charge >= 0.3 is 0 Å². The van der Waals surface area contributed by atoms with Gasteiger partial charge in [-0.25, -0.2) is 0 Å². The molecule has 2 heteroatoms. The van der Waals surface area contributed by atoms with Gasteiger partial charge in [-0.1, -0.05) is 48.9 Å². The molecule has 2 N–H and O–H groups in total. The number of hydrogen-bond acceptors (Lipinski definition) is 2. The van der Waals surface area contributed by atoms with Crippen molar-refractivity contribution >= 4 is 11.8 Å². The fourth-order valence-corrected chi connectivity index (χ4v) is 3.61. The number of thioether (sulfide) groups is 1. The average Bonchev–Trinajstić information content (AvgIpc) is 2.47. The summed E-state index contributed by atoms with van der Waals surface area (Å²) in [5, 5.41) is 0.309. The fourth-order valence-electron chi connectivity index (χ4n) is 2.27. The van der Waals surface area contributed by atoms with Gasteiger partial charge in [-0.15, -0.1) is 11.8 Å². The van der Waals surface area contributed by atoms with Crippen LogP contribution in [0.2, 0.25) is 0 Å². The van der Waals surface area contributed by atoms with E-state index in [2.05, 4.69) is 69.3 Å². The predicted molar refractivity (Wildman–Crippen MR) is 89.2 cm³/mol.